The summed E-state index contributed by atoms with van der Waals surface area (Å²) in [6, 6.07) is 13.7. The van der Waals surface area contributed by atoms with E-state index in [1.807, 2.05) is 24.3 Å². The molecular weight excluding hydrogens is 382 g/mol. The van der Waals surface area contributed by atoms with E-state index in [9.17, 15) is 0 Å². The summed E-state index contributed by atoms with van der Waals surface area (Å²) in [7, 11) is 1.63. The van der Waals surface area contributed by atoms with Gasteiger partial charge in [0.05, 0.1) is 7.11 Å². The molecule has 0 saturated carbocycles. The van der Waals surface area contributed by atoms with Crippen molar-refractivity contribution in [3.05, 3.63) is 48.7 Å². The van der Waals surface area contributed by atoms with Gasteiger partial charge in [-0.15, -0.1) is 6.07 Å². The van der Waals surface area contributed by atoms with Crippen LogP contribution in [0.4, 0.5) is 0 Å². The molecule has 0 bridgehead atoms. The molecule has 1 heterocycles. The van der Waals surface area contributed by atoms with E-state index >= 15 is 0 Å². The van der Waals surface area contributed by atoms with Crippen molar-refractivity contribution in [3.63, 3.8) is 0 Å². The monoisotopic (exact) mass is 391 g/mol. The Balaban J connectivity index is 0.000000686. The molecule has 0 aliphatic heterocycles. The quantitative estimate of drug-likeness (QED) is 0.455. The molecule has 0 saturated heterocycles. The molecule has 5 heteroatoms. The third kappa shape index (κ3) is 5.00. The van der Waals surface area contributed by atoms with Gasteiger partial charge in [0.1, 0.15) is 17.4 Å². The first-order chi connectivity index (χ1) is 8.38. The Hall–Kier alpha value is -0.677. The molecule has 0 aliphatic rings. The van der Waals surface area contributed by atoms with Crippen LogP contribution in [-0.4, -0.2) is 12.1 Å². The second kappa shape index (κ2) is 8.42. The number of hydrogen-bond donors (Lipinski definition) is 0. The van der Waals surface area contributed by atoms with Gasteiger partial charge >= 0.3 is 34.5 Å². The third-order valence-corrected chi connectivity index (χ3v) is 1.87. The van der Waals surface area contributed by atoms with Crippen LogP contribution >= 0.6 is 19.8 Å². The van der Waals surface area contributed by atoms with E-state index in [4.69, 9.17) is 9.47 Å². The fourth-order valence-corrected chi connectivity index (χ4v) is 1.13. The zero-order valence-corrected chi connectivity index (χ0v) is 14.5. The third-order valence-electron chi connectivity index (χ3n) is 1.87. The summed E-state index contributed by atoms with van der Waals surface area (Å²) in [4.78, 5) is 4.01. The number of halogens is 1. The summed E-state index contributed by atoms with van der Waals surface area (Å²) >= 11 is 3.62. The van der Waals surface area contributed by atoms with Gasteiger partial charge in [-0.1, -0.05) is 6.20 Å². The van der Waals surface area contributed by atoms with Crippen LogP contribution in [0.5, 0.6) is 17.4 Å². The van der Waals surface area contributed by atoms with Crippen LogP contribution in [0.1, 0.15) is 0 Å². The van der Waals surface area contributed by atoms with E-state index in [-0.39, 0.29) is 0 Å². The van der Waals surface area contributed by atoms with E-state index in [0.717, 1.165) is 11.5 Å². The minimum absolute atomic E-state index is 0.555. The first-order valence-corrected chi connectivity index (χ1v) is 13.8. The number of pyridine rings is 1. The summed E-state index contributed by atoms with van der Waals surface area (Å²) in [6.45, 7) is 0. The van der Waals surface area contributed by atoms with E-state index in [1.54, 1.807) is 25.4 Å². The van der Waals surface area contributed by atoms with Crippen LogP contribution in [0, 0.1) is 6.07 Å². The Kier molecular flexibility index (Phi) is 7.12. The van der Waals surface area contributed by atoms with Crippen LogP contribution < -0.4 is 9.47 Å². The molecule has 0 N–H and O–H groups in total. The molecule has 2 aromatic rings. The van der Waals surface area contributed by atoms with Crippen molar-refractivity contribution in [1.82, 2.24) is 4.98 Å². The van der Waals surface area contributed by atoms with E-state index in [0.29, 0.717) is 5.88 Å². The number of nitrogens with zero attached hydrogens (tertiary/aromatic N) is 1. The number of rotatable bonds is 3. The Morgan fingerprint density at radius 1 is 1.12 bits per heavy atom. The molecule has 84 valence electrons. The molecule has 1 aromatic carbocycles. The molecule has 0 amide bonds. The van der Waals surface area contributed by atoms with Gasteiger partial charge in [0.2, 0.25) is 0 Å². The van der Waals surface area contributed by atoms with E-state index in [1.165, 1.54) is 14.8 Å². The van der Waals surface area contributed by atoms with Crippen LogP contribution in [0.3, 0.4) is 0 Å². The standard InChI is InChI=1S/C12H10NO2.HI.Zn/c1-14-10-5-7-11(8-6-10)15-12-4-2-3-9-13-12;;/h2,4-9H,1H3;1H;/q-1;;+2/p-1. The van der Waals surface area contributed by atoms with Gasteiger partial charge in [0.15, 0.2) is 0 Å². The molecule has 0 fully saturated rings. The molecule has 0 unspecified atom stereocenters. The van der Waals surface area contributed by atoms with Crippen LogP contribution in [-0.2, 0) is 14.8 Å². The fourth-order valence-electron chi connectivity index (χ4n) is 1.13. The predicted octanol–water partition coefficient (Wildman–Crippen LogP) is 3.57. The number of methoxy groups -OCH3 is 1. The van der Waals surface area contributed by atoms with E-state index in [2.05, 4.69) is 30.8 Å². The predicted molar refractivity (Wildman–Crippen MR) is 70.2 cm³/mol. The van der Waals surface area contributed by atoms with Crippen LogP contribution in [0.2, 0.25) is 0 Å². The normalized spacial score (nSPS) is 8.94. The molecule has 2 rings (SSSR count). The van der Waals surface area contributed by atoms with Gasteiger partial charge < -0.3 is 9.47 Å². The van der Waals surface area contributed by atoms with Crippen molar-refractivity contribution in [2.75, 3.05) is 7.11 Å². The summed E-state index contributed by atoms with van der Waals surface area (Å²) < 4.78 is 10.5. The number of aromatic nitrogens is 1. The average Bonchev–Trinajstić information content (AvgIpc) is 2.43. The molecule has 0 aliphatic carbocycles. The Morgan fingerprint density at radius 2 is 1.76 bits per heavy atom. The fraction of sp³-hybridized carbons (Fsp3) is 0.0833. The molecule has 0 spiro atoms. The average molecular weight is 393 g/mol. The van der Waals surface area contributed by atoms with Gasteiger partial charge in [-0.05, 0) is 24.3 Å². The molecule has 3 nitrogen and oxygen atoms in total. The summed E-state index contributed by atoms with van der Waals surface area (Å²) in [5, 5.41) is 0. The van der Waals surface area contributed by atoms with Gasteiger partial charge in [-0.25, -0.2) is 12.1 Å². The molecule has 0 radical (unpaired) electrons. The van der Waals surface area contributed by atoms with Crippen molar-refractivity contribution in [2.45, 2.75) is 0 Å². The number of hydrogen-bond acceptors (Lipinski definition) is 3. The summed E-state index contributed by atoms with van der Waals surface area (Å²) in [5.74, 6) is 2.09. The SMILES string of the molecule is COc1ccc(Oc2cc[c-]cn2)cc1.[Zn+][I]. The Labute approximate surface area is 121 Å². The zero-order chi connectivity index (χ0) is 12.5. The van der Waals surface area contributed by atoms with Crippen LogP contribution in [0.25, 0.3) is 0 Å². The van der Waals surface area contributed by atoms with E-state index < -0.39 is 0 Å². The molecular formula is C12H10INO2Zn. The molecule has 0 atom stereocenters. The number of ether oxygens (including phenoxy) is 2. The van der Waals surface area contributed by atoms with Crippen LogP contribution in [0.15, 0.2) is 42.6 Å². The van der Waals surface area contributed by atoms with Crippen molar-refractivity contribution >= 4 is 19.8 Å². The van der Waals surface area contributed by atoms with Crippen molar-refractivity contribution < 1.29 is 24.3 Å². The van der Waals surface area contributed by atoms with Gasteiger partial charge in [-0.3, -0.25) is 4.98 Å². The maximum absolute atomic E-state index is 5.49. The molecule has 1 aromatic heterocycles. The van der Waals surface area contributed by atoms with Crippen molar-refractivity contribution in [3.8, 4) is 17.4 Å². The summed E-state index contributed by atoms with van der Waals surface area (Å²) in [5.41, 5.74) is 0. The van der Waals surface area contributed by atoms with Gasteiger partial charge in [-0.2, -0.15) is 0 Å². The molecule has 17 heavy (non-hydrogen) atoms. The van der Waals surface area contributed by atoms with Crippen molar-refractivity contribution in [2.24, 2.45) is 0 Å². The first-order valence-electron chi connectivity index (χ1n) is 4.79. The zero-order valence-electron chi connectivity index (χ0n) is 9.39. The second-order valence-electron chi connectivity index (χ2n) is 2.87. The van der Waals surface area contributed by atoms with Crippen molar-refractivity contribution in [1.29, 1.82) is 0 Å². The first kappa shape index (κ1) is 14.4. The summed E-state index contributed by atoms with van der Waals surface area (Å²) in [6.07, 6.45) is 1.57. The second-order valence-corrected chi connectivity index (χ2v) is 2.87. The maximum atomic E-state index is 5.49. The minimum atomic E-state index is 0.555. The van der Waals surface area contributed by atoms with Gasteiger partial charge in [0, 0.05) is 0 Å². The topological polar surface area (TPSA) is 31.4 Å². The number of benzene rings is 1. The van der Waals surface area contributed by atoms with Gasteiger partial charge in [0.25, 0.3) is 0 Å². The Morgan fingerprint density at radius 3 is 2.29 bits per heavy atom. The Bertz CT molecular complexity index is 422.